The highest BCUT2D eigenvalue weighted by atomic mass is 16.8. The van der Waals surface area contributed by atoms with Crippen LogP contribution in [0.4, 0.5) is 0 Å². The summed E-state index contributed by atoms with van der Waals surface area (Å²) in [6.07, 6.45) is -10.0. The predicted octanol–water partition coefficient (Wildman–Crippen LogP) is 0.845. The lowest BCUT2D eigenvalue weighted by Crippen LogP contribution is -2.65. The molecule has 0 amide bonds. The Labute approximate surface area is 348 Å². The number of phenolic OH excluding ortho intramolecular Hbond substituents is 2. The summed E-state index contributed by atoms with van der Waals surface area (Å²) in [6, 6.07) is 8.40. The van der Waals surface area contributed by atoms with Crippen LogP contribution >= 0.6 is 0 Å². The molecule has 21 heteroatoms. The van der Waals surface area contributed by atoms with Gasteiger partial charge in [0.2, 0.25) is 12.1 Å². The van der Waals surface area contributed by atoms with E-state index >= 15 is 0 Å². The maximum atomic E-state index is 13.4. The van der Waals surface area contributed by atoms with E-state index in [1.807, 2.05) is 0 Å². The summed E-state index contributed by atoms with van der Waals surface area (Å²) >= 11 is 0. The molecule has 2 aliphatic heterocycles. The summed E-state index contributed by atoms with van der Waals surface area (Å²) in [5.41, 5.74) is 0.791. The molecule has 0 saturated carbocycles. The summed E-state index contributed by atoms with van der Waals surface area (Å²) in [5, 5.41) is 43.0. The van der Waals surface area contributed by atoms with Gasteiger partial charge >= 0.3 is 35.8 Å². The van der Waals surface area contributed by atoms with E-state index in [0.717, 1.165) is 39.8 Å². The summed E-state index contributed by atoms with van der Waals surface area (Å²) in [6.45, 7) is 1.66. The smallest absolute Gasteiger partial charge is 0.331 e. The number of hydrogen-bond acceptors (Lipinski definition) is 21. The number of rotatable bonds is 17. The molecule has 0 unspecified atom stereocenters. The molecule has 2 heterocycles. The molecule has 0 spiro atoms. The Kier molecular flexibility index (Phi) is 16.6. The number of benzene rings is 2. The van der Waals surface area contributed by atoms with Crippen LogP contribution in [0.15, 0.2) is 48.6 Å². The van der Waals surface area contributed by atoms with Gasteiger partial charge in [-0.25, -0.2) is 9.59 Å². The van der Waals surface area contributed by atoms with Gasteiger partial charge in [0.05, 0.1) is 14.2 Å². The Balaban J connectivity index is 1.73. The van der Waals surface area contributed by atoms with E-state index in [1.54, 1.807) is 0 Å². The third-order valence-electron chi connectivity index (χ3n) is 8.80. The van der Waals surface area contributed by atoms with E-state index in [9.17, 15) is 49.2 Å². The van der Waals surface area contributed by atoms with Gasteiger partial charge in [-0.2, -0.15) is 0 Å². The van der Waals surface area contributed by atoms with Gasteiger partial charge in [-0.1, -0.05) is 12.1 Å². The van der Waals surface area contributed by atoms with E-state index in [2.05, 4.69) is 0 Å². The molecule has 2 aromatic rings. The SMILES string of the molecule is COc1cc(/C=C/C(=O)OC[C@H]2O[C@@](COC(C)=O)(O[C@H]3O[C@H](COC(C)=O)[C@@H](OC(C)=O)[C@H](O)[C@H]3OC(C)=O)[C@@H](OC(=O)/C=C/c3ccc(O)c(OC)c3)[C@@H]2O)ccc1O. The Hall–Kier alpha value is -6.26. The third-order valence-corrected chi connectivity index (χ3v) is 8.80. The fourth-order valence-corrected chi connectivity index (χ4v) is 6.06. The number of phenols is 2. The van der Waals surface area contributed by atoms with Crippen molar-refractivity contribution in [2.24, 2.45) is 0 Å². The van der Waals surface area contributed by atoms with Crippen LogP contribution in [0.5, 0.6) is 23.0 Å². The molecule has 2 saturated heterocycles. The summed E-state index contributed by atoms with van der Waals surface area (Å²) < 4.78 is 60.3. The second-order valence-corrected chi connectivity index (χ2v) is 13.4. The Bertz CT molecular complexity index is 1970. The molecule has 2 fully saturated rings. The van der Waals surface area contributed by atoms with Crippen molar-refractivity contribution in [1.82, 2.24) is 0 Å². The average molecular weight is 863 g/mol. The second kappa shape index (κ2) is 21.3. The van der Waals surface area contributed by atoms with Crippen LogP contribution in [0.25, 0.3) is 12.2 Å². The lowest BCUT2D eigenvalue weighted by Gasteiger charge is -2.45. The van der Waals surface area contributed by atoms with Crippen molar-refractivity contribution in [3.63, 3.8) is 0 Å². The zero-order valence-electron chi connectivity index (χ0n) is 33.7. The minimum atomic E-state index is -2.63. The zero-order valence-corrected chi connectivity index (χ0v) is 33.7. The molecule has 9 atom stereocenters. The Morgan fingerprint density at radius 3 is 1.70 bits per heavy atom. The van der Waals surface area contributed by atoms with E-state index in [-0.39, 0.29) is 23.0 Å². The summed E-state index contributed by atoms with van der Waals surface area (Å²) in [5.74, 6) is -8.47. The number of hydrogen-bond donors (Lipinski definition) is 4. The summed E-state index contributed by atoms with van der Waals surface area (Å²) in [4.78, 5) is 74.7. The molecule has 0 aromatic heterocycles. The molecule has 21 nitrogen and oxygen atoms in total. The van der Waals surface area contributed by atoms with Gasteiger partial charge < -0.3 is 72.5 Å². The molecule has 332 valence electrons. The number of aromatic hydroxyl groups is 2. The van der Waals surface area contributed by atoms with Gasteiger partial charge in [-0.15, -0.1) is 0 Å². The topological polar surface area (TPSA) is 285 Å². The molecular weight excluding hydrogens is 816 g/mol. The molecule has 4 rings (SSSR count). The molecule has 61 heavy (non-hydrogen) atoms. The van der Waals surface area contributed by atoms with Crippen LogP contribution in [0.3, 0.4) is 0 Å². The first-order chi connectivity index (χ1) is 28.9. The Morgan fingerprint density at radius 1 is 0.656 bits per heavy atom. The van der Waals surface area contributed by atoms with Gasteiger partial charge in [0.1, 0.15) is 44.2 Å². The first-order valence-electron chi connectivity index (χ1n) is 18.3. The van der Waals surface area contributed by atoms with Crippen LogP contribution in [0.1, 0.15) is 38.8 Å². The van der Waals surface area contributed by atoms with Crippen LogP contribution < -0.4 is 9.47 Å². The highest BCUT2D eigenvalue weighted by Gasteiger charge is 2.63. The van der Waals surface area contributed by atoms with Crippen molar-refractivity contribution in [2.45, 2.75) is 82.5 Å². The number of aliphatic hydroxyl groups excluding tert-OH is 2. The van der Waals surface area contributed by atoms with E-state index in [4.69, 9.17) is 52.1 Å². The second-order valence-electron chi connectivity index (χ2n) is 13.4. The molecule has 0 aliphatic carbocycles. The lowest BCUT2D eigenvalue weighted by molar-refractivity contribution is -0.384. The van der Waals surface area contributed by atoms with E-state index in [0.29, 0.717) is 11.1 Å². The maximum Gasteiger partial charge on any atom is 0.331 e. The quantitative estimate of drug-likeness (QED) is 0.0974. The number of carbonyl (C=O) groups excluding carboxylic acids is 6. The summed E-state index contributed by atoms with van der Waals surface area (Å²) in [7, 11) is 2.65. The van der Waals surface area contributed by atoms with Gasteiger partial charge in [0, 0.05) is 39.8 Å². The van der Waals surface area contributed by atoms with Gasteiger partial charge in [-0.3, -0.25) is 19.2 Å². The number of carbonyl (C=O) groups is 6. The predicted molar refractivity (Wildman–Crippen MR) is 202 cm³/mol. The van der Waals surface area contributed by atoms with Crippen molar-refractivity contribution in [3.05, 3.63) is 59.7 Å². The normalized spacial score (nSPS) is 26.0. The van der Waals surface area contributed by atoms with Crippen molar-refractivity contribution < 1.29 is 101 Å². The highest BCUT2D eigenvalue weighted by Crippen LogP contribution is 2.40. The van der Waals surface area contributed by atoms with Crippen LogP contribution in [0, 0.1) is 0 Å². The molecular formula is C40H46O21. The molecule has 0 radical (unpaired) electrons. The highest BCUT2D eigenvalue weighted by molar-refractivity contribution is 5.88. The first-order valence-corrected chi connectivity index (χ1v) is 18.3. The lowest BCUT2D eigenvalue weighted by atomic mass is 9.98. The Morgan fingerprint density at radius 2 is 1.18 bits per heavy atom. The first kappa shape index (κ1) is 47.4. The molecule has 2 aromatic carbocycles. The monoisotopic (exact) mass is 862 g/mol. The number of ether oxygens (including phenoxy) is 11. The standard InChI is InChI=1S/C40H46O21/c1-20(41)53-18-31-36(56-22(3)43)35(50)37(57-23(4)44)39(58-31)61-40(19-55-21(2)42)38(59-33(48)14-10-25-8-12-27(46)29(16-25)52-6)34(49)30(60-40)17-54-32(47)13-9-24-7-11-26(45)28(15-24)51-5/h7-16,30-31,34-39,45-46,49-50H,17-19H2,1-6H3/b13-9+,14-10+/t30-,31-,34-,35+,36-,37-,38+,39-,40+/m1/s1. The third kappa shape index (κ3) is 12.9. The van der Waals surface area contributed by atoms with Gasteiger partial charge in [0.15, 0.2) is 41.3 Å². The van der Waals surface area contributed by atoms with Crippen molar-refractivity contribution in [2.75, 3.05) is 34.0 Å². The zero-order chi connectivity index (χ0) is 45.0. The van der Waals surface area contributed by atoms with Crippen molar-refractivity contribution in [3.8, 4) is 23.0 Å². The molecule has 2 aliphatic rings. The molecule has 4 N–H and O–H groups in total. The van der Waals surface area contributed by atoms with E-state index < -0.39 is 110 Å². The minimum absolute atomic E-state index is 0.0823. The fraction of sp³-hybridized carbons (Fsp3) is 0.450. The minimum Gasteiger partial charge on any atom is -0.504 e. The fourth-order valence-electron chi connectivity index (χ4n) is 6.06. The number of aliphatic hydroxyl groups is 2. The van der Waals surface area contributed by atoms with Crippen LogP contribution in [-0.2, 0) is 71.4 Å². The van der Waals surface area contributed by atoms with Crippen LogP contribution in [-0.4, -0.2) is 145 Å². The molecule has 0 bridgehead atoms. The largest absolute Gasteiger partial charge is 0.504 e. The van der Waals surface area contributed by atoms with Gasteiger partial charge in [0.25, 0.3) is 0 Å². The van der Waals surface area contributed by atoms with Crippen molar-refractivity contribution in [1.29, 1.82) is 0 Å². The number of methoxy groups -OCH3 is 2. The van der Waals surface area contributed by atoms with Crippen LogP contribution in [0.2, 0.25) is 0 Å². The van der Waals surface area contributed by atoms with Crippen molar-refractivity contribution >= 4 is 48.0 Å². The van der Waals surface area contributed by atoms with Gasteiger partial charge in [-0.05, 0) is 47.5 Å². The number of esters is 6. The maximum absolute atomic E-state index is 13.4. The average Bonchev–Trinajstić information content (AvgIpc) is 3.45. The van der Waals surface area contributed by atoms with E-state index in [1.165, 1.54) is 62.8 Å².